The van der Waals surface area contributed by atoms with Crippen LogP contribution in [0.3, 0.4) is 0 Å². The van der Waals surface area contributed by atoms with Gasteiger partial charge in [-0.2, -0.15) is 0 Å². The lowest BCUT2D eigenvalue weighted by Gasteiger charge is -2.12. The largest absolute Gasteiger partial charge is 0.465 e. The van der Waals surface area contributed by atoms with Crippen molar-refractivity contribution in [2.75, 3.05) is 5.32 Å². The maximum absolute atomic E-state index is 10.9. The van der Waals surface area contributed by atoms with Crippen molar-refractivity contribution in [3.8, 4) is 5.69 Å². The third-order valence-electron chi connectivity index (χ3n) is 4.26. The van der Waals surface area contributed by atoms with Crippen LogP contribution in [0.1, 0.15) is 30.0 Å². The van der Waals surface area contributed by atoms with Crippen LogP contribution in [0.15, 0.2) is 42.7 Å². The summed E-state index contributed by atoms with van der Waals surface area (Å²) in [6, 6.07) is 9.92. The number of pyridine rings is 1. The van der Waals surface area contributed by atoms with Crippen molar-refractivity contribution in [1.82, 2.24) is 9.55 Å². The van der Waals surface area contributed by atoms with Crippen LogP contribution >= 0.6 is 0 Å². The van der Waals surface area contributed by atoms with Gasteiger partial charge in [-0.3, -0.25) is 10.3 Å². The van der Waals surface area contributed by atoms with E-state index in [0.29, 0.717) is 11.6 Å². The highest BCUT2D eigenvalue weighted by atomic mass is 16.4. The molecule has 0 aliphatic heterocycles. The summed E-state index contributed by atoms with van der Waals surface area (Å²) in [7, 11) is 0. The van der Waals surface area contributed by atoms with E-state index in [9.17, 15) is 4.79 Å². The van der Waals surface area contributed by atoms with Crippen LogP contribution in [0.25, 0.3) is 16.6 Å². The first-order chi connectivity index (χ1) is 11.1. The second-order valence-corrected chi connectivity index (χ2v) is 6.05. The first kappa shape index (κ1) is 13.8. The molecule has 0 unspecified atom stereocenters. The quantitative estimate of drug-likeness (QED) is 0.758. The smallest absolute Gasteiger partial charge is 0.409 e. The van der Waals surface area contributed by atoms with E-state index in [2.05, 4.69) is 20.9 Å². The molecule has 0 atom stereocenters. The fraction of sp³-hybridized carbons (Fsp3) is 0.222. The second-order valence-electron chi connectivity index (χ2n) is 6.05. The van der Waals surface area contributed by atoms with Gasteiger partial charge in [0.1, 0.15) is 0 Å². The Morgan fingerprint density at radius 3 is 2.78 bits per heavy atom. The molecule has 4 rings (SSSR count). The van der Waals surface area contributed by atoms with Crippen LogP contribution in [0.4, 0.5) is 10.5 Å². The van der Waals surface area contributed by atoms with Crippen LogP contribution in [0.5, 0.6) is 0 Å². The van der Waals surface area contributed by atoms with Crippen LogP contribution < -0.4 is 5.32 Å². The van der Waals surface area contributed by atoms with Crippen LogP contribution in [-0.4, -0.2) is 20.8 Å². The first-order valence-electron chi connectivity index (χ1n) is 7.70. The number of hydrogen-bond acceptors (Lipinski definition) is 2. The number of rotatable bonds is 3. The number of amides is 1. The van der Waals surface area contributed by atoms with Gasteiger partial charge in [0.05, 0.1) is 17.4 Å². The number of benzene rings is 1. The molecule has 2 heterocycles. The molecule has 5 heteroatoms. The van der Waals surface area contributed by atoms with Crippen LogP contribution in [0.2, 0.25) is 0 Å². The van der Waals surface area contributed by atoms with Gasteiger partial charge in [0.2, 0.25) is 0 Å². The molecule has 1 aliphatic rings. The molecule has 116 valence electrons. The second kappa shape index (κ2) is 5.12. The first-order valence-corrected chi connectivity index (χ1v) is 7.70. The van der Waals surface area contributed by atoms with Gasteiger partial charge < -0.3 is 9.67 Å². The summed E-state index contributed by atoms with van der Waals surface area (Å²) in [5, 5.41) is 12.5. The third kappa shape index (κ3) is 2.54. The molecule has 1 amide bonds. The lowest BCUT2D eigenvalue weighted by Crippen LogP contribution is -2.07. The minimum absolute atomic E-state index is 0.514. The predicted octanol–water partition coefficient (Wildman–Crippen LogP) is 4.30. The molecule has 1 aromatic carbocycles. The number of carboxylic acid groups (broad SMARTS) is 1. The number of carbonyl (C=O) groups is 1. The number of hydrogen-bond donors (Lipinski definition) is 2. The number of fused-ring (bicyclic) bond motifs is 1. The summed E-state index contributed by atoms with van der Waals surface area (Å²) in [5.41, 5.74) is 4.99. The predicted molar refractivity (Wildman–Crippen MR) is 89.4 cm³/mol. The van der Waals surface area contributed by atoms with Gasteiger partial charge >= 0.3 is 6.09 Å². The van der Waals surface area contributed by atoms with E-state index >= 15 is 0 Å². The van der Waals surface area contributed by atoms with Crippen molar-refractivity contribution < 1.29 is 9.90 Å². The minimum Gasteiger partial charge on any atom is -0.465 e. The Hall–Kier alpha value is -2.82. The third-order valence-corrected chi connectivity index (χ3v) is 4.26. The monoisotopic (exact) mass is 307 g/mol. The molecule has 23 heavy (non-hydrogen) atoms. The highest BCUT2D eigenvalue weighted by molar-refractivity contribution is 5.93. The Kier molecular flexibility index (Phi) is 3.08. The molecular formula is C18H17N3O2. The van der Waals surface area contributed by atoms with Gasteiger partial charge in [-0.25, -0.2) is 4.79 Å². The zero-order chi connectivity index (χ0) is 16.0. The fourth-order valence-electron chi connectivity index (χ4n) is 3.03. The highest BCUT2D eigenvalue weighted by Crippen LogP contribution is 2.45. The molecule has 1 aliphatic carbocycles. The summed E-state index contributed by atoms with van der Waals surface area (Å²) in [5.74, 6) is 0.514. The maximum Gasteiger partial charge on any atom is 0.409 e. The van der Waals surface area contributed by atoms with E-state index in [-0.39, 0.29) is 0 Å². The van der Waals surface area contributed by atoms with E-state index in [0.717, 1.165) is 35.1 Å². The molecule has 0 spiro atoms. The summed E-state index contributed by atoms with van der Waals surface area (Å²) in [6.07, 6.45) is 5.17. The Balaban J connectivity index is 1.90. The molecule has 0 saturated heterocycles. The van der Waals surface area contributed by atoms with E-state index in [1.54, 1.807) is 0 Å². The molecule has 5 nitrogen and oxygen atoms in total. The molecule has 0 radical (unpaired) electrons. The zero-order valence-corrected chi connectivity index (χ0v) is 12.8. The average molecular weight is 307 g/mol. The standard InChI is InChI=1S/C18H17N3O2/c1-11-2-5-15(10-19-11)21-7-6-13-8-14(20-18(22)23)9-16(17(13)21)12-3-4-12/h2,5-10,12,20H,3-4H2,1H3,(H,22,23). The Morgan fingerprint density at radius 2 is 2.13 bits per heavy atom. The normalized spacial score (nSPS) is 14.1. The maximum atomic E-state index is 10.9. The number of nitrogens with one attached hydrogen (secondary N) is 1. The molecule has 3 aromatic rings. The van der Waals surface area contributed by atoms with Crippen LogP contribution in [0, 0.1) is 6.92 Å². The van der Waals surface area contributed by atoms with Gasteiger partial charge in [-0.15, -0.1) is 0 Å². The average Bonchev–Trinajstić information content (AvgIpc) is 3.27. The molecule has 2 aromatic heterocycles. The van der Waals surface area contributed by atoms with Crippen molar-refractivity contribution in [2.45, 2.75) is 25.7 Å². The van der Waals surface area contributed by atoms with Crippen molar-refractivity contribution in [3.05, 3.63) is 54.0 Å². The minimum atomic E-state index is -1.03. The molecule has 1 fully saturated rings. The van der Waals surface area contributed by atoms with E-state index in [1.807, 2.05) is 43.6 Å². The number of nitrogens with zero attached hydrogens (tertiary/aromatic N) is 2. The number of aryl methyl sites for hydroxylation is 1. The SMILES string of the molecule is Cc1ccc(-n2ccc3cc(NC(=O)O)cc(C4CC4)c32)cn1. The molecule has 1 saturated carbocycles. The van der Waals surface area contributed by atoms with Gasteiger partial charge in [-0.1, -0.05) is 0 Å². The van der Waals surface area contributed by atoms with Crippen molar-refractivity contribution in [2.24, 2.45) is 0 Å². The van der Waals surface area contributed by atoms with Gasteiger partial charge in [0.25, 0.3) is 0 Å². The summed E-state index contributed by atoms with van der Waals surface area (Å²) in [6.45, 7) is 1.97. The summed E-state index contributed by atoms with van der Waals surface area (Å²) < 4.78 is 2.14. The molecule has 0 bridgehead atoms. The molecule has 2 N–H and O–H groups in total. The molecular weight excluding hydrogens is 290 g/mol. The number of anilines is 1. The van der Waals surface area contributed by atoms with Gasteiger partial charge in [0, 0.05) is 23.0 Å². The topological polar surface area (TPSA) is 67.2 Å². The van der Waals surface area contributed by atoms with Crippen LogP contribution in [-0.2, 0) is 0 Å². The van der Waals surface area contributed by atoms with Crippen molar-refractivity contribution in [3.63, 3.8) is 0 Å². The highest BCUT2D eigenvalue weighted by Gasteiger charge is 2.27. The lowest BCUT2D eigenvalue weighted by molar-refractivity contribution is 0.210. The lowest BCUT2D eigenvalue weighted by atomic mass is 10.1. The fourth-order valence-corrected chi connectivity index (χ4v) is 3.03. The van der Waals surface area contributed by atoms with E-state index in [1.165, 1.54) is 5.56 Å². The summed E-state index contributed by atoms with van der Waals surface area (Å²) >= 11 is 0. The van der Waals surface area contributed by atoms with Gasteiger partial charge in [0.15, 0.2) is 0 Å². The summed E-state index contributed by atoms with van der Waals surface area (Å²) in [4.78, 5) is 15.3. The van der Waals surface area contributed by atoms with E-state index in [4.69, 9.17) is 5.11 Å². The Labute approximate surface area is 133 Å². The van der Waals surface area contributed by atoms with E-state index < -0.39 is 6.09 Å². The zero-order valence-electron chi connectivity index (χ0n) is 12.8. The Bertz CT molecular complexity index is 893. The van der Waals surface area contributed by atoms with Gasteiger partial charge in [-0.05, 0) is 61.6 Å². The van der Waals surface area contributed by atoms with Crippen molar-refractivity contribution in [1.29, 1.82) is 0 Å². The Morgan fingerprint density at radius 1 is 1.30 bits per heavy atom. The van der Waals surface area contributed by atoms with Crippen molar-refractivity contribution >= 4 is 22.7 Å². The number of aromatic nitrogens is 2.